The first-order valence-corrected chi connectivity index (χ1v) is 10.2. The monoisotopic (exact) mass is 424 g/mol. The van der Waals surface area contributed by atoms with Gasteiger partial charge in [0.05, 0.1) is 11.5 Å². The Labute approximate surface area is 178 Å². The molecule has 2 aliphatic rings. The van der Waals surface area contributed by atoms with Crippen LogP contribution in [0.15, 0.2) is 29.1 Å². The van der Waals surface area contributed by atoms with Crippen LogP contribution in [0.5, 0.6) is 0 Å². The number of benzene rings is 1. The maximum Gasteiger partial charge on any atom is 0.258 e. The minimum absolute atomic E-state index is 0.0944. The van der Waals surface area contributed by atoms with E-state index in [9.17, 15) is 19.2 Å². The Hall–Kier alpha value is -3.69. The van der Waals surface area contributed by atoms with Crippen molar-refractivity contribution in [2.75, 3.05) is 28.6 Å². The van der Waals surface area contributed by atoms with Crippen LogP contribution in [0, 0.1) is 12.8 Å². The van der Waals surface area contributed by atoms with Crippen LogP contribution in [-0.4, -0.2) is 40.8 Å². The van der Waals surface area contributed by atoms with Crippen LogP contribution < -0.4 is 26.8 Å². The molecule has 1 atom stereocenters. The predicted octanol–water partition coefficient (Wildman–Crippen LogP) is 0.845. The number of carbonyl (C=O) groups is 3. The maximum absolute atomic E-state index is 12.9. The zero-order chi connectivity index (χ0) is 22.1. The van der Waals surface area contributed by atoms with Crippen molar-refractivity contribution in [1.29, 1.82) is 0 Å². The van der Waals surface area contributed by atoms with Crippen LogP contribution in [0.2, 0.25) is 0 Å². The number of aromatic amines is 1. The average molecular weight is 424 g/mol. The number of hydrogen-bond acceptors (Lipinski definition) is 6. The lowest BCUT2D eigenvalue weighted by molar-refractivity contribution is -0.123. The lowest BCUT2D eigenvalue weighted by Crippen LogP contribution is -2.41. The third-order valence-corrected chi connectivity index (χ3v) is 5.85. The number of amides is 3. The number of fused-ring (bicyclic) bond motifs is 1. The topological polar surface area (TPSA) is 150 Å². The minimum Gasteiger partial charge on any atom is -0.369 e. The molecule has 31 heavy (non-hydrogen) atoms. The van der Waals surface area contributed by atoms with E-state index < -0.39 is 17.4 Å². The molecule has 3 heterocycles. The van der Waals surface area contributed by atoms with Gasteiger partial charge in [0, 0.05) is 31.1 Å². The highest BCUT2D eigenvalue weighted by molar-refractivity contribution is 6.04. The second kappa shape index (κ2) is 8.21. The Morgan fingerprint density at radius 1 is 1.19 bits per heavy atom. The molecule has 0 unspecified atom stereocenters. The molecule has 1 aromatic carbocycles. The fourth-order valence-corrected chi connectivity index (χ4v) is 4.04. The lowest BCUT2D eigenvalue weighted by atomic mass is 9.92. The molecule has 0 saturated carbocycles. The molecule has 0 spiro atoms. The van der Waals surface area contributed by atoms with Crippen LogP contribution in [0.1, 0.15) is 36.3 Å². The number of rotatable bonds is 4. The van der Waals surface area contributed by atoms with E-state index in [2.05, 4.69) is 20.6 Å². The van der Waals surface area contributed by atoms with Crippen molar-refractivity contribution in [2.24, 2.45) is 11.7 Å². The van der Waals surface area contributed by atoms with Gasteiger partial charge in [-0.1, -0.05) is 18.2 Å². The SMILES string of the molecule is Cc1ccccc1NC(=O)[C@H]1CC(=O)Nc2nc(N3CCC(C(N)=O)CC3)[nH]c(=O)c21. The zero-order valence-electron chi connectivity index (χ0n) is 17.1. The maximum atomic E-state index is 12.9. The van der Waals surface area contributed by atoms with Gasteiger partial charge in [0.25, 0.3) is 5.56 Å². The van der Waals surface area contributed by atoms with E-state index >= 15 is 0 Å². The van der Waals surface area contributed by atoms with Crippen molar-refractivity contribution in [3.8, 4) is 0 Å². The Morgan fingerprint density at radius 3 is 2.58 bits per heavy atom. The van der Waals surface area contributed by atoms with E-state index in [1.54, 1.807) is 12.1 Å². The van der Waals surface area contributed by atoms with E-state index in [4.69, 9.17) is 5.73 Å². The molecular weight excluding hydrogens is 400 g/mol. The highest BCUT2D eigenvalue weighted by Gasteiger charge is 2.35. The van der Waals surface area contributed by atoms with E-state index in [0.29, 0.717) is 37.6 Å². The van der Waals surface area contributed by atoms with Gasteiger partial charge in [-0.2, -0.15) is 4.98 Å². The summed E-state index contributed by atoms with van der Waals surface area (Å²) in [6.07, 6.45) is 0.979. The van der Waals surface area contributed by atoms with Crippen molar-refractivity contribution < 1.29 is 14.4 Å². The van der Waals surface area contributed by atoms with Crippen LogP contribution >= 0.6 is 0 Å². The van der Waals surface area contributed by atoms with E-state index in [1.807, 2.05) is 24.0 Å². The highest BCUT2D eigenvalue weighted by atomic mass is 16.2. The van der Waals surface area contributed by atoms with Gasteiger partial charge in [0.2, 0.25) is 23.7 Å². The third kappa shape index (κ3) is 4.14. The molecule has 1 saturated heterocycles. The molecular formula is C21H24N6O4. The van der Waals surface area contributed by atoms with Gasteiger partial charge < -0.3 is 21.3 Å². The third-order valence-electron chi connectivity index (χ3n) is 5.85. The molecule has 1 aromatic heterocycles. The van der Waals surface area contributed by atoms with E-state index in [0.717, 1.165) is 5.56 Å². The number of aromatic nitrogens is 2. The van der Waals surface area contributed by atoms with Gasteiger partial charge in [-0.3, -0.25) is 24.2 Å². The first-order valence-electron chi connectivity index (χ1n) is 10.2. The number of para-hydroxylation sites is 1. The molecule has 4 rings (SSSR count). The van der Waals surface area contributed by atoms with Gasteiger partial charge >= 0.3 is 0 Å². The molecule has 10 heteroatoms. The van der Waals surface area contributed by atoms with Crippen molar-refractivity contribution in [1.82, 2.24) is 9.97 Å². The molecule has 1 fully saturated rings. The second-order valence-corrected chi connectivity index (χ2v) is 7.92. The Morgan fingerprint density at radius 2 is 1.90 bits per heavy atom. The van der Waals surface area contributed by atoms with Gasteiger partial charge in [-0.25, -0.2) is 0 Å². The largest absolute Gasteiger partial charge is 0.369 e. The molecule has 5 N–H and O–H groups in total. The predicted molar refractivity (Wildman–Crippen MR) is 115 cm³/mol. The summed E-state index contributed by atoms with van der Waals surface area (Å²) in [5.41, 5.74) is 6.54. The summed E-state index contributed by atoms with van der Waals surface area (Å²) in [7, 11) is 0. The van der Waals surface area contributed by atoms with Crippen molar-refractivity contribution in [3.63, 3.8) is 0 Å². The first-order chi connectivity index (χ1) is 14.8. The summed E-state index contributed by atoms with van der Waals surface area (Å²) in [5.74, 6) is -1.91. The Kier molecular flexibility index (Phi) is 5.45. The fourth-order valence-electron chi connectivity index (χ4n) is 4.04. The Bertz CT molecular complexity index is 1100. The molecule has 2 aromatic rings. The van der Waals surface area contributed by atoms with Gasteiger partial charge in [0.15, 0.2) is 0 Å². The number of piperidine rings is 1. The molecule has 3 amide bonds. The molecule has 0 aliphatic carbocycles. The minimum atomic E-state index is -0.950. The summed E-state index contributed by atoms with van der Waals surface area (Å²) in [5, 5.41) is 5.42. The standard InChI is InChI=1S/C21H24N6O4/c1-11-4-2-3-5-14(11)23-19(30)13-10-15(28)24-18-16(13)20(31)26-21(25-18)27-8-6-12(7-9-27)17(22)29/h2-5,12-13H,6-10H2,1H3,(H2,22,29)(H,23,30)(H2,24,25,26,28,31)/t13-/m0/s1. The summed E-state index contributed by atoms with van der Waals surface area (Å²) in [4.78, 5) is 58.5. The number of primary amides is 1. The number of H-pyrrole nitrogens is 1. The van der Waals surface area contributed by atoms with Gasteiger partial charge in [-0.15, -0.1) is 0 Å². The summed E-state index contributed by atoms with van der Waals surface area (Å²) >= 11 is 0. The summed E-state index contributed by atoms with van der Waals surface area (Å²) < 4.78 is 0. The normalized spacial score (nSPS) is 18.8. The van der Waals surface area contributed by atoms with Crippen LogP contribution in [0.25, 0.3) is 0 Å². The zero-order valence-corrected chi connectivity index (χ0v) is 17.1. The number of nitrogens with two attached hydrogens (primary N) is 1. The number of anilines is 3. The quantitative estimate of drug-likeness (QED) is 0.571. The van der Waals surface area contributed by atoms with Crippen LogP contribution in [0.4, 0.5) is 17.5 Å². The van der Waals surface area contributed by atoms with Crippen LogP contribution in [-0.2, 0) is 14.4 Å². The number of nitrogens with one attached hydrogen (secondary N) is 3. The van der Waals surface area contributed by atoms with Crippen molar-refractivity contribution >= 4 is 35.2 Å². The van der Waals surface area contributed by atoms with Gasteiger partial charge in [-0.05, 0) is 31.4 Å². The van der Waals surface area contributed by atoms with E-state index in [-0.39, 0.29) is 35.5 Å². The molecule has 0 bridgehead atoms. The summed E-state index contributed by atoms with van der Waals surface area (Å²) in [6, 6.07) is 7.28. The number of hydrogen-bond donors (Lipinski definition) is 4. The molecule has 2 aliphatic heterocycles. The highest BCUT2D eigenvalue weighted by Crippen LogP contribution is 2.31. The van der Waals surface area contributed by atoms with E-state index in [1.165, 1.54) is 0 Å². The van der Waals surface area contributed by atoms with Crippen molar-refractivity contribution in [2.45, 2.75) is 32.1 Å². The smallest absolute Gasteiger partial charge is 0.258 e. The van der Waals surface area contributed by atoms with Gasteiger partial charge in [0.1, 0.15) is 5.82 Å². The summed E-state index contributed by atoms with van der Waals surface area (Å²) in [6.45, 7) is 2.86. The second-order valence-electron chi connectivity index (χ2n) is 7.92. The van der Waals surface area contributed by atoms with Crippen LogP contribution in [0.3, 0.4) is 0 Å². The molecule has 162 valence electrons. The average Bonchev–Trinajstić information content (AvgIpc) is 2.74. The molecule has 0 radical (unpaired) electrons. The lowest BCUT2D eigenvalue weighted by Gasteiger charge is -2.32. The number of nitrogens with zero attached hydrogens (tertiary/aromatic N) is 2. The fraction of sp³-hybridized carbons (Fsp3) is 0.381. The Balaban J connectivity index is 1.60. The number of carbonyl (C=O) groups excluding carboxylic acids is 3. The first kappa shape index (κ1) is 20.6. The number of aryl methyl sites for hydroxylation is 1. The van der Waals surface area contributed by atoms with Crippen molar-refractivity contribution in [3.05, 3.63) is 45.7 Å². The molecule has 10 nitrogen and oxygen atoms in total.